The molecule has 1 aliphatic heterocycles. The third kappa shape index (κ3) is 3.08. The van der Waals surface area contributed by atoms with Crippen molar-refractivity contribution in [3.63, 3.8) is 0 Å². The van der Waals surface area contributed by atoms with Crippen LogP contribution in [0.3, 0.4) is 0 Å². The van der Waals surface area contributed by atoms with Gasteiger partial charge in [-0.15, -0.1) is 11.6 Å². The maximum Gasteiger partial charge on any atom is 0.0537 e. The van der Waals surface area contributed by atoms with Crippen molar-refractivity contribution in [1.82, 2.24) is 0 Å². The van der Waals surface area contributed by atoms with Gasteiger partial charge in [-0.25, -0.2) is 0 Å². The zero-order valence-corrected chi connectivity index (χ0v) is 11.8. The molecule has 94 valence electrons. The van der Waals surface area contributed by atoms with E-state index in [1.54, 1.807) is 0 Å². The predicted octanol–water partition coefficient (Wildman–Crippen LogP) is 4.57. The predicted molar refractivity (Wildman–Crippen MR) is 73.4 cm³/mol. The van der Waals surface area contributed by atoms with E-state index in [0.717, 1.165) is 31.4 Å². The summed E-state index contributed by atoms with van der Waals surface area (Å²) < 4.78 is 5.56. The summed E-state index contributed by atoms with van der Waals surface area (Å²) in [5.74, 6) is 0.578. The highest BCUT2D eigenvalue weighted by atomic mass is 35.5. The molecule has 0 aliphatic carbocycles. The summed E-state index contributed by atoms with van der Waals surface area (Å²) in [7, 11) is 0. The van der Waals surface area contributed by atoms with Gasteiger partial charge in [0, 0.05) is 27.9 Å². The Labute approximate surface area is 117 Å². The number of ether oxygens (including phenoxy) is 1. The maximum absolute atomic E-state index is 6.20. The van der Waals surface area contributed by atoms with Crippen LogP contribution in [0.15, 0.2) is 18.2 Å². The first-order valence-corrected chi connectivity index (χ1v) is 7.02. The van der Waals surface area contributed by atoms with Crippen LogP contribution in [0.1, 0.15) is 18.4 Å². The molecule has 1 fully saturated rings. The van der Waals surface area contributed by atoms with Crippen molar-refractivity contribution in [2.75, 3.05) is 19.1 Å². The summed E-state index contributed by atoms with van der Waals surface area (Å²) in [6.45, 7) is 1.52. The average molecular weight is 294 g/mol. The van der Waals surface area contributed by atoms with Gasteiger partial charge in [0.2, 0.25) is 0 Å². The summed E-state index contributed by atoms with van der Waals surface area (Å²) >= 11 is 18.5. The second-order valence-electron chi connectivity index (χ2n) is 4.67. The van der Waals surface area contributed by atoms with E-state index in [2.05, 4.69) is 0 Å². The lowest BCUT2D eigenvalue weighted by Crippen LogP contribution is -2.35. The molecule has 1 saturated heterocycles. The third-order valence-electron chi connectivity index (χ3n) is 3.30. The molecule has 1 unspecified atom stereocenters. The largest absolute Gasteiger partial charge is 0.381 e. The van der Waals surface area contributed by atoms with Crippen molar-refractivity contribution in [3.8, 4) is 0 Å². The molecule has 0 saturated carbocycles. The number of alkyl halides is 1. The van der Waals surface area contributed by atoms with Crippen LogP contribution in [0.4, 0.5) is 0 Å². The summed E-state index contributed by atoms with van der Waals surface area (Å²) in [6.07, 6.45) is 2.90. The Hall–Kier alpha value is 0.0500. The van der Waals surface area contributed by atoms with E-state index < -0.39 is 0 Å². The first-order valence-electron chi connectivity index (χ1n) is 5.73. The summed E-state index contributed by atoms with van der Waals surface area (Å²) in [4.78, 5) is 0. The Balaban J connectivity index is 2.23. The molecular formula is C13H15Cl3O. The molecule has 0 N–H and O–H groups in total. The van der Waals surface area contributed by atoms with E-state index in [9.17, 15) is 0 Å². The van der Waals surface area contributed by atoms with Crippen molar-refractivity contribution < 1.29 is 4.74 Å². The first-order chi connectivity index (χ1) is 8.17. The zero-order chi connectivity index (χ0) is 12.3. The molecule has 2 rings (SSSR count). The van der Waals surface area contributed by atoms with Crippen LogP contribution in [0, 0.1) is 5.41 Å². The van der Waals surface area contributed by atoms with Gasteiger partial charge in [0.15, 0.2) is 0 Å². The van der Waals surface area contributed by atoms with Crippen LogP contribution in [-0.4, -0.2) is 19.1 Å². The molecule has 1 aromatic carbocycles. The lowest BCUT2D eigenvalue weighted by molar-refractivity contribution is 0.00480. The van der Waals surface area contributed by atoms with Gasteiger partial charge in [-0.1, -0.05) is 29.3 Å². The van der Waals surface area contributed by atoms with Crippen LogP contribution in [0.5, 0.6) is 0 Å². The van der Waals surface area contributed by atoms with Gasteiger partial charge in [0.1, 0.15) is 0 Å². The summed E-state index contributed by atoms with van der Waals surface area (Å²) in [6, 6.07) is 5.60. The fraction of sp³-hybridized carbons (Fsp3) is 0.538. The monoisotopic (exact) mass is 292 g/mol. The Morgan fingerprint density at radius 1 is 1.24 bits per heavy atom. The highest BCUT2D eigenvalue weighted by Crippen LogP contribution is 2.37. The fourth-order valence-corrected chi connectivity index (χ4v) is 3.11. The minimum Gasteiger partial charge on any atom is -0.381 e. The van der Waals surface area contributed by atoms with Gasteiger partial charge in [-0.2, -0.15) is 0 Å². The second kappa shape index (κ2) is 5.79. The summed E-state index contributed by atoms with van der Waals surface area (Å²) in [5.41, 5.74) is 0.969. The minimum absolute atomic E-state index is 0.0194. The van der Waals surface area contributed by atoms with Gasteiger partial charge in [0.05, 0.1) is 6.61 Å². The van der Waals surface area contributed by atoms with E-state index in [4.69, 9.17) is 39.5 Å². The van der Waals surface area contributed by atoms with Crippen LogP contribution in [-0.2, 0) is 11.2 Å². The van der Waals surface area contributed by atoms with Crippen molar-refractivity contribution in [2.45, 2.75) is 19.3 Å². The first kappa shape index (κ1) is 13.5. The van der Waals surface area contributed by atoms with Gasteiger partial charge < -0.3 is 4.74 Å². The lowest BCUT2D eigenvalue weighted by Gasteiger charge is -2.35. The van der Waals surface area contributed by atoms with E-state index in [0.29, 0.717) is 22.5 Å². The van der Waals surface area contributed by atoms with E-state index in [1.165, 1.54) is 0 Å². The van der Waals surface area contributed by atoms with E-state index in [-0.39, 0.29) is 5.41 Å². The highest BCUT2D eigenvalue weighted by Gasteiger charge is 2.33. The Kier molecular flexibility index (Phi) is 4.59. The van der Waals surface area contributed by atoms with Crippen LogP contribution >= 0.6 is 34.8 Å². The minimum atomic E-state index is -0.0194. The van der Waals surface area contributed by atoms with Gasteiger partial charge >= 0.3 is 0 Å². The molecule has 1 atom stereocenters. The van der Waals surface area contributed by atoms with Crippen molar-refractivity contribution in [1.29, 1.82) is 0 Å². The number of halogens is 3. The van der Waals surface area contributed by atoms with Crippen LogP contribution in [0.25, 0.3) is 0 Å². The number of hydrogen-bond acceptors (Lipinski definition) is 1. The molecule has 1 nitrogen and oxygen atoms in total. The number of hydrogen-bond donors (Lipinski definition) is 0. The molecule has 4 heteroatoms. The smallest absolute Gasteiger partial charge is 0.0537 e. The zero-order valence-electron chi connectivity index (χ0n) is 9.52. The van der Waals surface area contributed by atoms with E-state index in [1.807, 2.05) is 18.2 Å². The average Bonchev–Trinajstić information content (AvgIpc) is 2.35. The number of benzene rings is 1. The van der Waals surface area contributed by atoms with E-state index >= 15 is 0 Å². The Morgan fingerprint density at radius 3 is 2.47 bits per heavy atom. The molecule has 0 bridgehead atoms. The molecular weight excluding hydrogens is 279 g/mol. The lowest BCUT2D eigenvalue weighted by atomic mass is 9.79. The van der Waals surface area contributed by atoms with Crippen LogP contribution in [0.2, 0.25) is 10.0 Å². The van der Waals surface area contributed by atoms with Crippen molar-refractivity contribution >= 4 is 34.8 Å². The van der Waals surface area contributed by atoms with Crippen molar-refractivity contribution in [2.24, 2.45) is 5.41 Å². The van der Waals surface area contributed by atoms with Crippen LogP contribution < -0.4 is 0 Å². The van der Waals surface area contributed by atoms with Crippen molar-refractivity contribution in [3.05, 3.63) is 33.8 Å². The van der Waals surface area contributed by atoms with Gasteiger partial charge in [-0.3, -0.25) is 0 Å². The molecule has 0 amide bonds. The van der Waals surface area contributed by atoms with Gasteiger partial charge in [-0.05, 0) is 37.0 Å². The summed E-state index contributed by atoms with van der Waals surface area (Å²) in [5, 5.41) is 1.43. The molecule has 1 aromatic rings. The third-order valence-corrected chi connectivity index (χ3v) is 4.58. The SMILES string of the molecule is ClCC1(Cc2c(Cl)cccc2Cl)CCCOC1. The topological polar surface area (TPSA) is 9.23 Å². The van der Waals surface area contributed by atoms with Gasteiger partial charge in [0.25, 0.3) is 0 Å². The molecule has 0 radical (unpaired) electrons. The number of rotatable bonds is 3. The Bertz CT molecular complexity index is 366. The quantitative estimate of drug-likeness (QED) is 0.742. The maximum atomic E-state index is 6.20. The molecule has 1 heterocycles. The normalized spacial score (nSPS) is 24.9. The standard InChI is InChI=1S/C13H15Cl3O/c14-8-13(5-2-6-17-9-13)7-10-11(15)3-1-4-12(10)16/h1,3-4H,2,5-9H2. The fourth-order valence-electron chi connectivity index (χ4n) is 2.28. The molecule has 1 aliphatic rings. The second-order valence-corrected chi connectivity index (χ2v) is 5.75. The molecule has 17 heavy (non-hydrogen) atoms. The Morgan fingerprint density at radius 2 is 1.94 bits per heavy atom. The molecule has 0 aromatic heterocycles. The molecule has 0 spiro atoms. The highest BCUT2D eigenvalue weighted by molar-refractivity contribution is 6.36.